The van der Waals surface area contributed by atoms with Crippen molar-refractivity contribution in [1.29, 1.82) is 0 Å². The lowest BCUT2D eigenvalue weighted by Gasteiger charge is -2.35. The highest BCUT2D eigenvalue weighted by molar-refractivity contribution is 5.44. The van der Waals surface area contributed by atoms with Gasteiger partial charge in [0.15, 0.2) is 0 Å². The third kappa shape index (κ3) is 2.48. The molecule has 3 heteroatoms. The molecule has 2 rings (SSSR count). The van der Waals surface area contributed by atoms with Gasteiger partial charge in [0.25, 0.3) is 0 Å². The minimum absolute atomic E-state index is 0.768. The molecule has 0 spiro atoms. The summed E-state index contributed by atoms with van der Waals surface area (Å²) in [7, 11) is 0. The first kappa shape index (κ1) is 10.0. The Hall–Kier alpha value is -1.53. The van der Waals surface area contributed by atoms with Crippen LogP contribution in [0.1, 0.15) is 0 Å². The van der Waals surface area contributed by atoms with Crippen molar-refractivity contribution in [2.24, 2.45) is 0 Å². The smallest absolute Gasteiger partial charge is 0.0600 e. The first-order valence-electron chi connectivity index (χ1n) is 5.21. The Bertz CT molecular complexity index is 334. The third-order valence-electron chi connectivity index (χ3n) is 2.72. The summed E-state index contributed by atoms with van der Waals surface area (Å²) in [5.74, 6) is 2.69. The Morgan fingerprint density at radius 3 is 2.47 bits per heavy atom. The van der Waals surface area contributed by atoms with Crippen LogP contribution in [0.4, 0.5) is 5.69 Å². The largest absolute Gasteiger partial charge is 0.369 e. The first-order chi connectivity index (χ1) is 7.40. The molecule has 2 heterocycles. The summed E-state index contributed by atoms with van der Waals surface area (Å²) < 4.78 is 0. The van der Waals surface area contributed by atoms with Gasteiger partial charge in [-0.05, 0) is 12.1 Å². The lowest BCUT2D eigenvalue weighted by atomic mass is 10.2. The zero-order valence-corrected chi connectivity index (χ0v) is 8.76. The molecule has 1 aliphatic rings. The first-order valence-corrected chi connectivity index (χ1v) is 5.21. The molecule has 0 radical (unpaired) electrons. The zero-order valence-electron chi connectivity index (χ0n) is 8.76. The van der Waals surface area contributed by atoms with Gasteiger partial charge in [0.05, 0.1) is 6.54 Å². The van der Waals surface area contributed by atoms with Crippen LogP contribution in [0, 0.1) is 12.3 Å². The van der Waals surface area contributed by atoms with E-state index in [1.54, 1.807) is 0 Å². The van der Waals surface area contributed by atoms with Gasteiger partial charge in [0.2, 0.25) is 0 Å². The quantitative estimate of drug-likeness (QED) is 0.661. The predicted octanol–water partition coefficient (Wildman–Crippen LogP) is 0.837. The molecule has 3 nitrogen and oxygen atoms in total. The summed E-state index contributed by atoms with van der Waals surface area (Å²) in [6.07, 6.45) is 8.96. The molecular formula is C12H15N3. The molecule has 15 heavy (non-hydrogen) atoms. The normalized spacial score (nSPS) is 17.4. The second-order valence-electron chi connectivity index (χ2n) is 3.67. The average Bonchev–Trinajstić information content (AvgIpc) is 2.32. The molecule has 0 saturated carbocycles. The van der Waals surface area contributed by atoms with Gasteiger partial charge < -0.3 is 4.90 Å². The molecule has 1 aromatic rings. The fourth-order valence-corrected chi connectivity index (χ4v) is 1.85. The fraction of sp³-hybridized carbons (Fsp3) is 0.417. The molecule has 0 N–H and O–H groups in total. The Kier molecular flexibility index (Phi) is 3.21. The standard InChI is InChI=1S/C12H15N3/c1-2-7-14-8-10-15(11-9-14)12-3-5-13-6-4-12/h1,3-6H,7-11H2. The molecular weight excluding hydrogens is 186 g/mol. The summed E-state index contributed by atoms with van der Waals surface area (Å²) in [5, 5.41) is 0. The molecule has 1 aliphatic heterocycles. The van der Waals surface area contributed by atoms with E-state index in [1.807, 2.05) is 12.4 Å². The molecule has 0 aliphatic carbocycles. The molecule has 0 bridgehead atoms. The van der Waals surface area contributed by atoms with Crippen LogP contribution in [-0.2, 0) is 0 Å². The van der Waals surface area contributed by atoms with Crippen LogP contribution in [0.2, 0.25) is 0 Å². The number of rotatable bonds is 2. The molecule has 0 atom stereocenters. The van der Waals surface area contributed by atoms with Crippen LogP contribution >= 0.6 is 0 Å². The molecule has 78 valence electrons. The average molecular weight is 201 g/mol. The van der Waals surface area contributed by atoms with E-state index >= 15 is 0 Å². The van der Waals surface area contributed by atoms with E-state index in [-0.39, 0.29) is 0 Å². The Balaban J connectivity index is 1.92. The molecule has 0 amide bonds. The third-order valence-corrected chi connectivity index (χ3v) is 2.72. The second-order valence-corrected chi connectivity index (χ2v) is 3.67. The number of pyridine rings is 1. The van der Waals surface area contributed by atoms with Gasteiger partial charge >= 0.3 is 0 Å². The predicted molar refractivity (Wildman–Crippen MR) is 61.7 cm³/mol. The molecule has 1 saturated heterocycles. The molecule has 0 aromatic carbocycles. The maximum atomic E-state index is 5.29. The molecule has 0 unspecified atom stereocenters. The molecule has 1 fully saturated rings. The van der Waals surface area contributed by atoms with Crippen molar-refractivity contribution in [3.63, 3.8) is 0 Å². The maximum Gasteiger partial charge on any atom is 0.0600 e. The van der Waals surface area contributed by atoms with Gasteiger partial charge in [-0.2, -0.15) is 0 Å². The summed E-state index contributed by atoms with van der Waals surface area (Å²) in [5.41, 5.74) is 1.25. The van der Waals surface area contributed by atoms with Crippen LogP contribution in [0.5, 0.6) is 0 Å². The Labute approximate surface area is 90.7 Å². The summed E-state index contributed by atoms with van der Waals surface area (Å²) in [4.78, 5) is 8.69. The van der Waals surface area contributed by atoms with Crippen molar-refractivity contribution in [2.75, 3.05) is 37.6 Å². The highest BCUT2D eigenvalue weighted by atomic mass is 15.3. The van der Waals surface area contributed by atoms with Crippen molar-refractivity contribution in [3.8, 4) is 12.3 Å². The van der Waals surface area contributed by atoms with Gasteiger partial charge in [-0.15, -0.1) is 6.42 Å². The Morgan fingerprint density at radius 2 is 1.87 bits per heavy atom. The summed E-state index contributed by atoms with van der Waals surface area (Å²) in [6, 6.07) is 4.10. The van der Waals surface area contributed by atoms with Crippen molar-refractivity contribution in [3.05, 3.63) is 24.5 Å². The lowest BCUT2D eigenvalue weighted by Crippen LogP contribution is -2.46. The number of aromatic nitrogens is 1. The summed E-state index contributed by atoms with van der Waals surface area (Å²) >= 11 is 0. The van der Waals surface area contributed by atoms with E-state index < -0.39 is 0 Å². The molecule has 1 aromatic heterocycles. The zero-order chi connectivity index (χ0) is 10.5. The van der Waals surface area contributed by atoms with Crippen molar-refractivity contribution < 1.29 is 0 Å². The van der Waals surface area contributed by atoms with Crippen LogP contribution in [-0.4, -0.2) is 42.6 Å². The van der Waals surface area contributed by atoms with Gasteiger partial charge in [0.1, 0.15) is 0 Å². The number of nitrogens with zero attached hydrogens (tertiary/aromatic N) is 3. The number of anilines is 1. The highest BCUT2D eigenvalue weighted by Gasteiger charge is 2.15. The minimum Gasteiger partial charge on any atom is -0.369 e. The fourth-order valence-electron chi connectivity index (χ4n) is 1.85. The van der Waals surface area contributed by atoms with Gasteiger partial charge in [-0.1, -0.05) is 5.92 Å². The number of hydrogen-bond donors (Lipinski definition) is 0. The van der Waals surface area contributed by atoms with Crippen molar-refractivity contribution in [1.82, 2.24) is 9.88 Å². The van der Waals surface area contributed by atoms with E-state index in [9.17, 15) is 0 Å². The van der Waals surface area contributed by atoms with Gasteiger partial charge in [-0.3, -0.25) is 9.88 Å². The Morgan fingerprint density at radius 1 is 1.20 bits per heavy atom. The highest BCUT2D eigenvalue weighted by Crippen LogP contribution is 2.14. The number of hydrogen-bond acceptors (Lipinski definition) is 3. The van der Waals surface area contributed by atoms with Crippen LogP contribution in [0.25, 0.3) is 0 Å². The topological polar surface area (TPSA) is 19.4 Å². The van der Waals surface area contributed by atoms with E-state index in [4.69, 9.17) is 6.42 Å². The van der Waals surface area contributed by atoms with Crippen LogP contribution < -0.4 is 4.90 Å². The van der Waals surface area contributed by atoms with Gasteiger partial charge in [-0.25, -0.2) is 0 Å². The van der Waals surface area contributed by atoms with Crippen LogP contribution in [0.3, 0.4) is 0 Å². The lowest BCUT2D eigenvalue weighted by molar-refractivity contribution is 0.288. The van der Waals surface area contributed by atoms with Crippen molar-refractivity contribution in [2.45, 2.75) is 0 Å². The minimum atomic E-state index is 0.768. The SMILES string of the molecule is C#CCN1CCN(c2ccncc2)CC1. The van der Waals surface area contributed by atoms with Crippen molar-refractivity contribution >= 4 is 5.69 Å². The van der Waals surface area contributed by atoms with E-state index in [1.165, 1.54) is 5.69 Å². The van der Waals surface area contributed by atoms with E-state index in [2.05, 4.69) is 32.8 Å². The van der Waals surface area contributed by atoms with Crippen LogP contribution in [0.15, 0.2) is 24.5 Å². The van der Waals surface area contributed by atoms with Gasteiger partial charge in [0, 0.05) is 44.3 Å². The monoisotopic (exact) mass is 201 g/mol. The maximum absolute atomic E-state index is 5.29. The number of terminal acetylenes is 1. The second kappa shape index (κ2) is 4.81. The van der Waals surface area contributed by atoms with E-state index in [0.29, 0.717) is 0 Å². The summed E-state index contributed by atoms with van der Waals surface area (Å²) in [6.45, 7) is 4.96. The van der Waals surface area contributed by atoms with E-state index in [0.717, 1.165) is 32.7 Å². The number of piperazine rings is 1.